The van der Waals surface area contributed by atoms with Gasteiger partial charge in [0.1, 0.15) is 0 Å². The van der Waals surface area contributed by atoms with E-state index in [0.29, 0.717) is 44.6 Å². The summed E-state index contributed by atoms with van der Waals surface area (Å²) in [7, 11) is 1.64. The molecule has 1 rings (SSSR count). The van der Waals surface area contributed by atoms with Crippen LogP contribution < -0.4 is 5.32 Å². The van der Waals surface area contributed by atoms with Crippen LogP contribution in [0.1, 0.15) is 12.7 Å². The van der Waals surface area contributed by atoms with Gasteiger partial charge in [0.25, 0.3) is 0 Å². The molecule has 15 heavy (non-hydrogen) atoms. The van der Waals surface area contributed by atoms with E-state index in [9.17, 15) is 0 Å². The summed E-state index contributed by atoms with van der Waals surface area (Å²) in [5.41, 5.74) is 0. The lowest BCUT2D eigenvalue weighted by molar-refractivity contribution is 0.149. The smallest absolute Gasteiger partial charge is 0.321 e. The van der Waals surface area contributed by atoms with Gasteiger partial charge in [-0.3, -0.25) is 0 Å². The molecule has 86 valence electrons. The van der Waals surface area contributed by atoms with Gasteiger partial charge in [0.05, 0.1) is 13.2 Å². The molecule has 0 amide bonds. The largest absolute Gasteiger partial charge is 0.383 e. The van der Waals surface area contributed by atoms with Crippen molar-refractivity contribution in [2.45, 2.75) is 13.3 Å². The maximum atomic E-state index is 5.18. The summed E-state index contributed by atoms with van der Waals surface area (Å²) in [4.78, 5) is 4.13. The summed E-state index contributed by atoms with van der Waals surface area (Å²) in [5.74, 6) is 0.656. The summed E-state index contributed by atoms with van der Waals surface area (Å²) in [6.45, 7) is 4.54. The third kappa shape index (κ3) is 4.75. The van der Waals surface area contributed by atoms with Crippen molar-refractivity contribution in [3.05, 3.63) is 5.82 Å². The van der Waals surface area contributed by atoms with Crippen LogP contribution in [0.15, 0.2) is 4.52 Å². The van der Waals surface area contributed by atoms with Crippen molar-refractivity contribution in [3.63, 3.8) is 0 Å². The fraction of sp³-hybridized carbons (Fsp3) is 0.778. The monoisotopic (exact) mass is 215 g/mol. The summed E-state index contributed by atoms with van der Waals surface area (Å²) in [6, 6.07) is 0.429. The molecule has 0 aliphatic heterocycles. The molecular formula is C9H17N3O3. The summed E-state index contributed by atoms with van der Waals surface area (Å²) in [6.07, 6.45) is 0.670. The van der Waals surface area contributed by atoms with Crippen LogP contribution in [-0.4, -0.2) is 43.6 Å². The van der Waals surface area contributed by atoms with Gasteiger partial charge in [-0.05, 0) is 6.92 Å². The zero-order valence-corrected chi connectivity index (χ0v) is 9.15. The Bertz CT molecular complexity index is 240. The second-order valence-corrected chi connectivity index (χ2v) is 2.88. The Kier molecular flexibility index (Phi) is 5.72. The van der Waals surface area contributed by atoms with Gasteiger partial charge in [-0.15, -0.1) is 0 Å². The van der Waals surface area contributed by atoms with Gasteiger partial charge in [-0.25, -0.2) is 0 Å². The molecule has 0 spiro atoms. The Morgan fingerprint density at radius 1 is 1.40 bits per heavy atom. The van der Waals surface area contributed by atoms with Crippen molar-refractivity contribution in [3.8, 4) is 0 Å². The molecule has 6 heteroatoms. The number of nitrogens with one attached hydrogen (secondary N) is 1. The summed E-state index contributed by atoms with van der Waals surface area (Å²) < 4.78 is 15.0. The van der Waals surface area contributed by atoms with Crippen LogP contribution in [0.3, 0.4) is 0 Å². The number of hydrogen-bond acceptors (Lipinski definition) is 6. The van der Waals surface area contributed by atoms with Crippen molar-refractivity contribution in [2.24, 2.45) is 0 Å². The van der Waals surface area contributed by atoms with Crippen LogP contribution in [0.25, 0.3) is 0 Å². The Morgan fingerprint density at radius 3 is 3.00 bits per heavy atom. The first-order valence-corrected chi connectivity index (χ1v) is 5.00. The molecule has 6 nitrogen and oxygen atoms in total. The Labute approximate surface area is 88.9 Å². The van der Waals surface area contributed by atoms with Crippen molar-refractivity contribution < 1.29 is 14.0 Å². The lowest BCUT2D eigenvalue weighted by Crippen LogP contribution is -2.07. The number of ether oxygens (including phenoxy) is 2. The number of methoxy groups -OCH3 is 1. The lowest BCUT2D eigenvalue weighted by atomic mass is 10.4. The standard InChI is InChI=1S/C9H17N3O3/c1-3-14-6-4-8-11-9(15-12-8)10-5-7-13-2/h3-7H2,1-2H3,(H,10,11,12). The van der Waals surface area contributed by atoms with Crippen LogP contribution in [0.2, 0.25) is 0 Å². The number of nitrogens with zero attached hydrogens (tertiary/aromatic N) is 2. The van der Waals surface area contributed by atoms with E-state index >= 15 is 0 Å². The van der Waals surface area contributed by atoms with Gasteiger partial charge < -0.3 is 19.3 Å². The van der Waals surface area contributed by atoms with E-state index in [2.05, 4.69) is 15.5 Å². The normalized spacial score (nSPS) is 10.5. The molecule has 0 aliphatic rings. The minimum absolute atomic E-state index is 0.429. The molecule has 0 aromatic carbocycles. The molecule has 0 fully saturated rings. The highest BCUT2D eigenvalue weighted by atomic mass is 16.5. The quantitative estimate of drug-likeness (QED) is 0.644. The Hall–Kier alpha value is -1.14. The fourth-order valence-corrected chi connectivity index (χ4v) is 0.995. The summed E-state index contributed by atoms with van der Waals surface area (Å²) in [5, 5.41) is 6.75. The molecule has 0 aliphatic carbocycles. The predicted octanol–water partition coefficient (Wildman–Crippen LogP) is 0.707. The van der Waals surface area contributed by atoms with Gasteiger partial charge in [-0.1, -0.05) is 5.16 Å². The van der Waals surface area contributed by atoms with Crippen LogP contribution in [0, 0.1) is 0 Å². The van der Waals surface area contributed by atoms with Gasteiger partial charge in [0, 0.05) is 26.7 Å². The number of aromatic nitrogens is 2. The van der Waals surface area contributed by atoms with Crippen molar-refractivity contribution in [1.29, 1.82) is 0 Å². The van der Waals surface area contributed by atoms with E-state index in [1.807, 2.05) is 6.92 Å². The predicted molar refractivity (Wildman–Crippen MR) is 54.9 cm³/mol. The highest BCUT2D eigenvalue weighted by Crippen LogP contribution is 2.03. The molecule has 0 bridgehead atoms. The van der Waals surface area contributed by atoms with E-state index in [4.69, 9.17) is 14.0 Å². The zero-order valence-electron chi connectivity index (χ0n) is 9.15. The average molecular weight is 215 g/mol. The molecule has 1 aromatic heterocycles. The van der Waals surface area contributed by atoms with Gasteiger partial charge in [0.15, 0.2) is 5.82 Å². The third-order valence-corrected chi connectivity index (χ3v) is 1.72. The first kappa shape index (κ1) is 11.9. The first-order valence-electron chi connectivity index (χ1n) is 5.00. The second-order valence-electron chi connectivity index (χ2n) is 2.88. The van der Waals surface area contributed by atoms with E-state index in [1.165, 1.54) is 0 Å². The van der Waals surface area contributed by atoms with Gasteiger partial charge >= 0.3 is 6.01 Å². The third-order valence-electron chi connectivity index (χ3n) is 1.72. The van der Waals surface area contributed by atoms with Crippen LogP contribution in [0.4, 0.5) is 6.01 Å². The topological polar surface area (TPSA) is 69.4 Å². The maximum absolute atomic E-state index is 5.18. The molecule has 0 unspecified atom stereocenters. The van der Waals surface area contributed by atoms with Crippen LogP contribution >= 0.6 is 0 Å². The zero-order chi connectivity index (χ0) is 10.9. The van der Waals surface area contributed by atoms with E-state index < -0.39 is 0 Å². The number of anilines is 1. The average Bonchev–Trinajstić information content (AvgIpc) is 2.67. The fourth-order valence-electron chi connectivity index (χ4n) is 0.995. The first-order chi connectivity index (χ1) is 7.36. The molecule has 1 aromatic rings. The van der Waals surface area contributed by atoms with Crippen LogP contribution in [0.5, 0.6) is 0 Å². The van der Waals surface area contributed by atoms with Gasteiger partial charge in [0.2, 0.25) is 0 Å². The SMILES string of the molecule is CCOCCc1noc(NCCOC)n1. The van der Waals surface area contributed by atoms with E-state index in [1.54, 1.807) is 7.11 Å². The van der Waals surface area contributed by atoms with Crippen molar-refractivity contribution in [1.82, 2.24) is 10.1 Å². The molecule has 1 N–H and O–H groups in total. The summed E-state index contributed by atoms with van der Waals surface area (Å²) >= 11 is 0. The van der Waals surface area contributed by atoms with Crippen LogP contribution in [-0.2, 0) is 15.9 Å². The highest BCUT2D eigenvalue weighted by molar-refractivity contribution is 5.17. The number of hydrogen-bond donors (Lipinski definition) is 1. The molecular weight excluding hydrogens is 198 g/mol. The van der Waals surface area contributed by atoms with Crippen molar-refractivity contribution in [2.75, 3.05) is 38.8 Å². The maximum Gasteiger partial charge on any atom is 0.321 e. The highest BCUT2D eigenvalue weighted by Gasteiger charge is 2.04. The second kappa shape index (κ2) is 7.19. The molecule has 0 atom stereocenters. The van der Waals surface area contributed by atoms with Gasteiger partial charge in [-0.2, -0.15) is 4.98 Å². The Morgan fingerprint density at radius 2 is 2.27 bits per heavy atom. The lowest BCUT2D eigenvalue weighted by Gasteiger charge is -1.97. The number of rotatable bonds is 8. The molecule has 1 heterocycles. The molecule has 0 radical (unpaired) electrons. The van der Waals surface area contributed by atoms with E-state index in [-0.39, 0.29) is 0 Å². The molecule has 0 saturated heterocycles. The Balaban J connectivity index is 2.23. The minimum atomic E-state index is 0.429. The van der Waals surface area contributed by atoms with E-state index in [0.717, 1.165) is 0 Å². The molecule has 0 saturated carbocycles. The van der Waals surface area contributed by atoms with Crippen molar-refractivity contribution >= 4 is 6.01 Å². The minimum Gasteiger partial charge on any atom is -0.383 e.